The van der Waals surface area contributed by atoms with Gasteiger partial charge in [0.2, 0.25) is 0 Å². The number of alkyl halides is 2. The van der Waals surface area contributed by atoms with Crippen LogP contribution in [-0.4, -0.2) is 40.1 Å². The van der Waals surface area contributed by atoms with Crippen molar-refractivity contribution in [3.05, 3.63) is 70.0 Å². The lowest BCUT2D eigenvalue weighted by Crippen LogP contribution is -2.32. The molecule has 0 fully saturated rings. The second-order valence-electron chi connectivity index (χ2n) is 6.82. The van der Waals surface area contributed by atoms with Crippen LogP contribution < -0.4 is 14.3 Å². The maximum Gasteiger partial charge on any atom is 0.586 e. The van der Waals surface area contributed by atoms with E-state index in [-0.39, 0.29) is 24.7 Å². The molecular formula is C21H19F2N3O4S. The number of ether oxygens (including phenoxy) is 2. The van der Waals surface area contributed by atoms with Gasteiger partial charge in [0.1, 0.15) is 0 Å². The predicted molar refractivity (Wildman–Crippen MR) is 109 cm³/mol. The molecule has 2 aromatic carbocycles. The Morgan fingerprint density at radius 2 is 1.94 bits per heavy atom. The van der Waals surface area contributed by atoms with E-state index in [9.17, 15) is 18.7 Å². The molecule has 4 rings (SSSR count). The Morgan fingerprint density at radius 1 is 1.19 bits per heavy atom. The van der Waals surface area contributed by atoms with Crippen LogP contribution in [0.1, 0.15) is 10.4 Å². The van der Waals surface area contributed by atoms with Gasteiger partial charge in [-0.05, 0) is 24.6 Å². The fourth-order valence-corrected chi connectivity index (χ4v) is 3.95. The van der Waals surface area contributed by atoms with Crippen molar-refractivity contribution in [1.29, 1.82) is 0 Å². The van der Waals surface area contributed by atoms with E-state index in [1.54, 1.807) is 16.8 Å². The molecule has 2 amide bonds. The number of nitrogens with zero attached hydrogens (tertiary/aromatic N) is 3. The number of hydrogen-bond donors (Lipinski definition) is 1. The standard InChI is InChI=1S/C21H19F2N3O4S/c1-14-12-26(16-7-8-17-18(11-16)30-21(22,23)29-17)20(31-14)24-19(28)25(9-10-27)13-15-5-3-2-4-6-15/h2-8,11-12,27H,9-10,13H2,1H3. The number of hydrogen-bond acceptors (Lipinski definition) is 5. The van der Waals surface area contributed by atoms with Gasteiger partial charge in [0.25, 0.3) is 0 Å². The second kappa shape index (κ2) is 8.48. The summed E-state index contributed by atoms with van der Waals surface area (Å²) in [6.07, 6.45) is -1.96. The zero-order valence-corrected chi connectivity index (χ0v) is 17.3. The molecule has 0 unspecified atom stereocenters. The van der Waals surface area contributed by atoms with Gasteiger partial charge in [-0.2, -0.15) is 4.99 Å². The molecule has 0 saturated heterocycles. The molecule has 3 aromatic rings. The minimum absolute atomic E-state index is 0.0622. The fraction of sp³-hybridized carbons (Fsp3) is 0.238. The molecule has 0 saturated carbocycles. The molecule has 1 aliphatic rings. The molecule has 1 aliphatic heterocycles. The Bertz CT molecular complexity index is 1160. The Morgan fingerprint density at radius 3 is 2.68 bits per heavy atom. The molecule has 0 bridgehead atoms. The monoisotopic (exact) mass is 447 g/mol. The number of urea groups is 1. The van der Waals surface area contributed by atoms with Crippen molar-refractivity contribution in [3.63, 3.8) is 0 Å². The quantitative estimate of drug-likeness (QED) is 0.647. The number of benzene rings is 2. The minimum atomic E-state index is -3.71. The Labute approximate surface area is 180 Å². The van der Waals surface area contributed by atoms with E-state index in [2.05, 4.69) is 14.5 Å². The summed E-state index contributed by atoms with van der Waals surface area (Å²) in [5.74, 6) is -0.157. The van der Waals surface area contributed by atoms with Crippen LogP contribution in [0.15, 0.2) is 59.7 Å². The highest BCUT2D eigenvalue weighted by molar-refractivity contribution is 7.09. The molecule has 1 aromatic heterocycles. The third-order valence-electron chi connectivity index (χ3n) is 4.48. The van der Waals surface area contributed by atoms with E-state index < -0.39 is 12.3 Å². The van der Waals surface area contributed by atoms with Crippen LogP contribution in [0.2, 0.25) is 0 Å². The van der Waals surface area contributed by atoms with Crippen molar-refractivity contribution in [2.24, 2.45) is 4.99 Å². The van der Waals surface area contributed by atoms with E-state index in [1.807, 2.05) is 37.3 Å². The maximum atomic E-state index is 13.3. The molecule has 2 heterocycles. The minimum Gasteiger partial charge on any atom is -0.395 e. The first-order chi connectivity index (χ1) is 14.8. The van der Waals surface area contributed by atoms with Gasteiger partial charge in [-0.25, -0.2) is 4.79 Å². The molecule has 31 heavy (non-hydrogen) atoms. The highest BCUT2D eigenvalue weighted by atomic mass is 32.1. The number of amides is 2. The van der Waals surface area contributed by atoms with E-state index >= 15 is 0 Å². The number of aliphatic hydroxyl groups excluding tert-OH is 1. The predicted octanol–water partition coefficient (Wildman–Crippen LogP) is 3.68. The first-order valence-corrected chi connectivity index (χ1v) is 10.2. The molecule has 162 valence electrons. The molecule has 10 heteroatoms. The number of halogens is 2. The number of carbonyl (C=O) groups is 1. The second-order valence-corrected chi connectivity index (χ2v) is 8.03. The number of fused-ring (bicyclic) bond motifs is 1. The largest absolute Gasteiger partial charge is 0.586 e. The van der Waals surface area contributed by atoms with Gasteiger partial charge in [0, 0.05) is 30.2 Å². The fourth-order valence-electron chi connectivity index (χ4n) is 3.13. The summed E-state index contributed by atoms with van der Waals surface area (Å²) in [4.78, 5) is 19.8. The summed E-state index contributed by atoms with van der Waals surface area (Å²) >= 11 is 1.28. The molecular weight excluding hydrogens is 428 g/mol. The number of thiazole rings is 1. The molecule has 0 atom stereocenters. The van der Waals surface area contributed by atoms with Crippen molar-refractivity contribution in [2.45, 2.75) is 19.8 Å². The third-order valence-corrected chi connectivity index (χ3v) is 5.38. The van der Waals surface area contributed by atoms with E-state index in [1.165, 1.54) is 28.4 Å². The van der Waals surface area contributed by atoms with E-state index in [0.29, 0.717) is 17.0 Å². The SMILES string of the molecule is Cc1cn(-c2ccc3c(c2)OC(F)(F)O3)c(=NC(=O)N(CCO)Cc2ccccc2)s1. The first kappa shape index (κ1) is 21.0. The van der Waals surface area contributed by atoms with E-state index in [4.69, 9.17) is 0 Å². The summed E-state index contributed by atoms with van der Waals surface area (Å²) < 4.78 is 37.2. The van der Waals surface area contributed by atoms with Crippen molar-refractivity contribution < 1.29 is 28.2 Å². The van der Waals surface area contributed by atoms with Crippen LogP contribution in [0, 0.1) is 6.92 Å². The van der Waals surface area contributed by atoms with Crippen LogP contribution in [0.4, 0.5) is 13.6 Å². The molecule has 0 aliphatic carbocycles. The summed E-state index contributed by atoms with van der Waals surface area (Å²) in [5.41, 5.74) is 1.40. The van der Waals surface area contributed by atoms with Gasteiger partial charge < -0.3 is 19.5 Å². The van der Waals surface area contributed by atoms with Crippen LogP contribution in [0.3, 0.4) is 0 Å². The number of aromatic nitrogens is 1. The maximum absolute atomic E-state index is 13.3. The average Bonchev–Trinajstić information content (AvgIpc) is 3.24. The molecule has 7 nitrogen and oxygen atoms in total. The third kappa shape index (κ3) is 4.75. The zero-order valence-electron chi connectivity index (χ0n) is 16.5. The van der Waals surface area contributed by atoms with Gasteiger partial charge in [0.05, 0.1) is 12.3 Å². The molecule has 0 radical (unpaired) electrons. The van der Waals surface area contributed by atoms with Crippen molar-refractivity contribution >= 4 is 17.4 Å². The van der Waals surface area contributed by atoms with Gasteiger partial charge >= 0.3 is 12.3 Å². The van der Waals surface area contributed by atoms with Crippen LogP contribution in [0.5, 0.6) is 11.5 Å². The number of aryl methyl sites for hydroxylation is 1. The zero-order chi connectivity index (χ0) is 22.0. The van der Waals surface area contributed by atoms with Gasteiger partial charge in [-0.15, -0.1) is 20.1 Å². The van der Waals surface area contributed by atoms with Crippen LogP contribution >= 0.6 is 11.3 Å². The Kier molecular flexibility index (Phi) is 5.75. The lowest BCUT2D eigenvalue weighted by molar-refractivity contribution is -0.286. The lowest BCUT2D eigenvalue weighted by atomic mass is 10.2. The average molecular weight is 447 g/mol. The topological polar surface area (TPSA) is 76.3 Å². The number of rotatable bonds is 5. The molecule has 0 spiro atoms. The Balaban J connectivity index is 1.65. The smallest absolute Gasteiger partial charge is 0.395 e. The molecule has 1 N–H and O–H groups in total. The van der Waals surface area contributed by atoms with Crippen molar-refractivity contribution in [3.8, 4) is 17.2 Å². The van der Waals surface area contributed by atoms with Crippen LogP contribution in [-0.2, 0) is 6.54 Å². The normalized spacial score (nSPS) is 14.6. The lowest BCUT2D eigenvalue weighted by Gasteiger charge is -2.19. The van der Waals surface area contributed by atoms with Gasteiger partial charge in [-0.1, -0.05) is 30.3 Å². The summed E-state index contributed by atoms with van der Waals surface area (Å²) in [5, 5.41) is 9.37. The highest BCUT2D eigenvalue weighted by Crippen LogP contribution is 2.41. The first-order valence-electron chi connectivity index (χ1n) is 9.42. The van der Waals surface area contributed by atoms with Crippen LogP contribution in [0.25, 0.3) is 5.69 Å². The number of aliphatic hydroxyl groups is 1. The summed E-state index contributed by atoms with van der Waals surface area (Å²) in [6.45, 7) is 2.07. The van der Waals surface area contributed by atoms with Gasteiger partial charge in [-0.3, -0.25) is 4.57 Å². The highest BCUT2D eigenvalue weighted by Gasteiger charge is 2.43. The Hall–Kier alpha value is -3.24. The summed E-state index contributed by atoms with van der Waals surface area (Å²) in [7, 11) is 0. The summed E-state index contributed by atoms with van der Waals surface area (Å²) in [6, 6.07) is 13.2. The van der Waals surface area contributed by atoms with E-state index in [0.717, 1.165) is 10.4 Å². The van der Waals surface area contributed by atoms with Gasteiger partial charge in [0.15, 0.2) is 16.3 Å². The number of carbonyl (C=O) groups excluding carboxylic acids is 1. The van der Waals surface area contributed by atoms with Crippen molar-refractivity contribution in [1.82, 2.24) is 9.47 Å². The van der Waals surface area contributed by atoms with Crippen molar-refractivity contribution in [2.75, 3.05) is 13.2 Å².